The van der Waals surface area contributed by atoms with Gasteiger partial charge in [0, 0.05) is 24.6 Å². The van der Waals surface area contributed by atoms with Gasteiger partial charge in [-0.1, -0.05) is 30.3 Å². The van der Waals surface area contributed by atoms with Gasteiger partial charge in [0.05, 0.1) is 0 Å². The molecule has 1 amide bonds. The van der Waals surface area contributed by atoms with E-state index in [1.165, 1.54) is 0 Å². The third kappa shape index (κ3) is 4.75. The summed E-state index contributed by atoms with van der Waals surface area (Å²) in [5.74, 6) is -6.64. The lowest BCUT2D eigenvalue weighted by Gasteiger charge is -2.36. The fourth-order valence-corrected chi connectivity index (χ4v) is 7.64. The van der Waals surface area contributed by atoms with Gasteiger partial charge in [-0.05, 0) is 59.4 Å². The molecule has 0 radical (unpaired) electrons. The molecule has 2 bridgehead atoms. The van der Waals surface area contributed by atoms with Crippen molar-refractivity contribution in [2.24, 2.45) is 29.6 Å². The summed E-state index contributed by atoms with van der Waals surface area (Å²) in [4.78, 5) is 27.4. The van der Waals surface area contributed by atoms with E-state index in [1.54, 1.807) is 11.0 Å². The number of carbonyl (C=O) groups is 2. The monoisotopic (exact) mass is 579 g/mol. The molecule has 3 fully saturated rings. The van der Waals surface area contributed by atoms with Crippen LogP contribution in [-0.4, -0.2) is 55.1 Å². The van der Waals surface area contributed by atoms with Crippen LogP contribution < -0.4 is 4.90 Å². The molecule has 39 heavy (non-hydrogen) atoms. The van der Waals surface area contributed by atoms with E-state index in [4.69, 9.17) is 4.55 Å². The maximum absolute atomic E-state index is 13.5. The second kappa shape index (κ2) is 9.08. The van der Waals surface area contributed by atoms with Crippen LogP contribution in [0.5, 0.6) is 0 Å². The van der Waals surface area contributed by atoms with Crippen LogP contribution in [0.2, 0.25) is 0 Å². The Kier molecular flexibility index (Phi) is 6.45. The predicted octanol–water partition coefficient (Wildman–Crippen LogP) is 4.76. The van der Waals surface area contributed by atoms with Crippen LogP contribution in [0.3, 0.4) is 0 Å². The molecule has 7 nitrogen and oxygen atoms in total. The van der Waals surface area contributed by atoms with Crippen molar-refractivity contribution in [2.45, 2.75) is 37.2 Å². The average Bonchev–Trinajstić information content (AvgIpc) is 3.47. The highest BCUT2D eigenvalue weighted by molar-refractivity contribution is 7.85. The summed E-state index contributed by atoms with van der Waals surface area (Å²) in [5, 5.41) is 1.90. The summed E-state index contributed by atoms with van der Waals surface area (Å²) < 4.78 is 116. The van der Waals surface area contributed by atoms with Gasteiger partial charge in [0.1, 0.15) is 5.75 Å². The minimum atomic E-state index is -6.37. The first-order valence-corrected chi connectivity index (χ1v) is 13.7. The molecule has 1 saturated heterocycles. The first kappa shape index (κ1) is 27.7. The Morgan fingerprint density at radius 3 is 2.23 bits per heavy atom. The van der Waals surface area contributed by atoms with Gasteiger partial charge in [0.25, 0.3) is 10.1 Å². The number of benzene rings is 2. The lowest BCUT2D eigenvalue weighted by Crippen LogP contribution is -2.63. The number of anilines is 1. The van der Waals surface area contributed by atoms with Crippen molar-refractivity contribution < 1.29 is 53.6 Å². The maximum atomic E-state index is 13.5. The smallest absolute Gasteiger partial charge is 0.438 e. The summed E-state index contributed by atoms with van der Waals surface area (Å²) in [5.41, 5.74) is -4.74. The van der Waals surface area contributed by atoms with E-state index < -0.39 is 52.1 Å². The number of nitrogens with zero attached hydrogens (tertiary/aromatic N) is 1. The first-order chi connectivity index (χ1) is 18.0. The number of esters is 1. The van der Waals surface area contributed by atoms with E-state index in [0.717, 1.165) is 10.8 Å². The number of hydrogen-bond donors (Lipinski definition) is 1. The fraction of sp³-hybridized carbons (Fsp3) is 0.520. The Labute approximate surface area is 218 Å². The van der Waals surface area contributed by atoms with Crippen molar-refractivity contribution in [1.29, 1.82) is 0 Å². The Morgan fingerprint density at radius 2 is 1.62 bits per heavy atom. The summed E-state index contributed by atoms with van der Waals surface area (Å²) in [6, 6.07) is 13.1. The molecule has 0 aromatic heterocycles. The molecule has 0 spiro atoms. The molecular weight excluding hydrogens is 556 g/mol. The Balaban J connectivity index is 1.33. The van der Waals surface area contributed by atoms with Crippen molar-refractivity contribution in [2.75, 3.05) is 17.2 Å². The summed E-state index contributed by atoms with van der Waals surface area (Å²) in [6.45, 7) is 0.298. The molecule has 1 N–H and O–H groups in total. The number of ether oxygens (including phenoxy) is 1. The summed E-state index contributed by atoms with van der Waals surface area (Å²) in [6.07, 6.45) is -12.8. The lowest BCUT2D eigenvalue weighted by atomic mass is 9.74. The third-order valence-electron chi connectivity index (χ3n) is 8.31. The zero-order valence-electron chi connectivity index (χ0n) is 20.1. The van der Waals surface area contributed by atoms with Gasteiger partial charge in [-0.25, -0.2) is 0 Å². The van der Waals surface area contributed by atoms with Gasteiger partial charge in [0.15, 0.2) is 0 Å². The average molecular weight is 580 g/mol. The molecule has 5 rings (SSSR count). The SMILES string of the molecule is O=C(CC1CC2CC1C1CN(c3ccc4ccccc4c3)C(=O)C21)OC(CS(=O)(=O)O)(C(F)(F)F)C(F)(F)F. The highest BCUT2D eigenvalue weighted by Gasteiger charge is 2.76. The second-order valence-corrected chi connectivity index (χ2v) is 12.0. The molecule has 1 aliphatic heterocycles. The zero-order chi connectivity index (χ0) is 28.5. The van der Waals surface area contributed by atoms with E-state index in [9.17, 15) is 44.3 Å². The molecular formula is C25H23F6NO6S. The zero-order valence-corrected chi connectivity index (χ0v) is 20.9. The summed E-state index contributed by atoms with van der Waals surface area (Å²) in [7, 11) is -5.85. The molecule has 1 heterocycles. The van der Waals surface area contributed by atoms with Gasteiger partial charge in [-0.15, -0.1) is 0 Å². The van der Waals surface area contributed by atoms with Gasteiger partial charge in [0.2, 0.25) is 5.91 Å². The molecule has 2 aromatic carbocycles. The number of hydrogen-bond acceptors (Lipinski definition) is 5. The molecule has 3 aliphatic rings. The minimum absolute atomic E-state index is 0.106. The van der Waals surface area contributed by atoms with Gasteiger partial charge in [-0.3, -0.25) is 14.1 Å². The van der Waals surface area contributed by atoms with Crippen LogP contribution in [0, 0.1) is 29.6 Å². The highest BCUT2D eigenvalue weighted by Crippen LogP contribution is 2.59. The van der Waals surface area contributed by atoms with E-state index in [-0.39, 0.29) is 36.0 Å². The van der Waals surface area contributed by atoms with E-state index >= 15 is 0 Å². The summed E-state index contributed by atoms with van der Waals surface area (Å²) >= 11 is 0. The van der Waals surface area contributed by atoms with Crippen LogP contribution in [0.25, 0.3) is 10.8 Å². The molecule has 2 aliphatic carbocycles. The minimum Gasteiger partial charge on any atom is -0.438 e. The number of halogens is 6. The fourth-order valence-electron chi connectivity index (χ4n) is 6.74. The number of carbonyl (C=O) groups excluding carboxylic acids is 2. The number of fused-ring (bicyclic) bond motifs is 6. The van der Waals surface area contributed by atoms with Crippen LogP contribution in [-0.2, 0) is 24.4 Å². The standard InChI is InChI=1S/C25H23F6NO6S/c26-24(27,28)23(25(29,30)31,12-39(35,36)37)38-20(33)10-15-7-16-9-18(15)19-11-32(22(34)21(16)19)17-6-5-13-3-1-2-4-14(13)8-17/h1-6,8,15-16,18-19,21H,7,9-12H2,(H,35,36,37). The Hall–Kier alpha value is -2.87. The van der Waals surface area contributed by atoms with Crippen LogP contribution in [0.15, 0.2) is 42.5 Å². The molecule has 5 unspecified atom stereocenters. The van der Waals surface area contributed by atoms with Crippen LogP contribution in [0.1, 0.15) is 19.3 Å². The predicted molar refractivity (Wildman–Crippen MR) is 125 cm³/mol. The molecule has 212 valence electrons. The third-order valence-corrected chi connectivity index (χ3v) is 9.08. The number of amides is 1. The van der Waals surface area contributed by atoms with Gasteiger partial charge in [-0.2, -0.15) is 34.8 Å². The Morgan fingerprint density at radius 1 is 0.974 bits per heavy atom. The highest BCUT2D eigenvalue weighted by atomic mass is 32.2. The van der Waals surface area contributed by atoms with E-state index in [2.05, 4.69) is 4.74 Å². The lowest BCUT2D eigenvalue weighted by molar-refractivity contribution is -0.361. The quantitative estimate of drug-likeness (QED) is 0.301. The van der Waals surface area contributed by atoms with E-state index in [1.807, 2.05) is 36.4 Å². The van der Waals surface area contributed by atoms with E-state index in [0.29, 0.717) is 18.7 Å². The number of rotatable bonds is 6. The topological polar surface area (TPSA) is 101 Å². The van der Waals surface area contributed by atoms with Crippen molar-refractivity contribution >= 4 is 38.5 Å². The first-order valence-electron chi connectivity index (χ1n) is 12.1. The van der Waals surface area contributed by atoms with Crippen molar-refractivity contribution in [3.05, 3.63) is 42.5 Å². The molecule has 14 heteroatoms. The molecule has 2 saturated carbocycles. The normalized spacial score (nSPS) is 27.3. The van der Waals surface area contributed by atoms with Crippen LogP contribution >= 0.6 is 0 Å². The second-order valence-electron chi connectivity index (χ2n) is 10.6. The number of alkyl halides is 6. The van der Waals surface area contributed by atoms with Crippen LogP contribution in [0.4, 0.5) is 32.0 Å². The largest absolute Gasteiger partial charge is 0.438 e. The van der Waals surface area contributed by atoms with Crippen molar-refractivity contribution in [3.63, 3.8) is 0 Å². The maximum Gasteiger partial charge on any atom is 0.438 e. The van der Waals surface area contributed by atoms with Gasteiger partial charge >= 0.3 is 23.9 Å². The molecule has 5 atom stereocenters. The van der Waals surface area contributed by atoms with Crippen molar-refractivity contribution in [3.8, 4) is 0 Å². The molecule has 2 aromatic rings. The Bertz CT molecular complexity index is 1410. The van der Waals surface area contributed by atoms with Gasteiger partial charge < -0.3 is 9.64 Å². The van der Waals surface area contributed by atoms with Crippen molar-refractivity contribution in [1.82, 2.24) is 0 Å².